The first-order valence-electron chi connectivity index (χ1n) is 9.67. The number of para-hydroxylation sites is 2. The number of hydrogen-bond acceptors (Lipinski definition) is 1. The molecular weight excluding hydrogens is 567 g/mol. The van der Waals surface area contributed by atoms with Gasteiger partial charge in [-0.25, -0.2) is 0 Å². The van der Waals surface area contributed by atoms with Crippen molar-refractivity contribution in [3.05, 3.63) is 84.7 Å². The predicted molar refractivity (Wildman–Crippen MR) is 114 cm³/mol. The van der Waals surface area contributed by atoms with Crippen molar-refractivity contribution in [1.29, 1.82) is 0 Å². The van der Waals surface area contributed by atoms with E-state index in [-0.39, 0.29) is 21.1 Å². The molecule has 0 spiro atoms. The Hall–Kier alpha value is -3.35. The van der Waals surface area contributed by atoms with Crippen LogP contribution in [0.15, 0.2) is 67.0 Å². The Balaban J connectivity index is 0.00000231. The van der Waals surface area contributed by atoms with E-state index in [0.717, 1.165) is 28.3 Å². The summed E-state index contributed by atoms with van der Waals surface area (Å²) in [6, 6.07) is 31.2. The number of rotatable bonds is 4. The van der Waals surface area contributed by atoms with Gasteiger partial charge in [0.15, 0.2) is 14.1 Å². The van der Waals surface area contributed by atoms with Gasteiger partial charge in [-0.2, -0.15) is 11.6 Å². The molecule has 0 amide bonds. The minimum atomic E-state index is 0. The molecule has 2 aliphatic heterocycles. The first kappa shape index (κ1) is 20.9. The summed E-state index contributed by atoms with van der Waals surface area (Å²) in [5.41, 5.74) is 4.99. The molecule has 0 aromatic heterocycles. The van der Waals surface area contributed by atoms with Gasteiger partial charge in [-0.1, -0.05) is 61.6 Å². The molecule has 0 aliphatic carbocycles. The minimum Gasteiger partial charge on any atom is -0.509 e. The van der Waals surface area contributed by atoms with Crippen molar-refractivity contribution in [3.63, 3.8) is 0 Å². The van der Waals surface area contributed by atoms with E-state index in [1.165, 1.54) is 0 Å². The van der Waals surface area contributed by atoms with Gasteiger partial charge in [0.25, 0.3) is 17.6 Å². The summed E-state index contributed by atoms with van der Waals surface area (Å²) in [4.78, 5) is 0. The topological polar surface area (TPSA) is 21.3 Å². The van der Waals surface area contributed by atoms with E-state index in [0.29, 0.717) is 11.5 Å². The van der Waals surface area contributed by atoms with Crippen LogP contribution in [0.25, 0.3) is 0 Å². The van der Waals surface area contributed by atoms with Crippen LogP contribution in [0.3, 0.4) is 0 Å². The number of fused-ring (bicyclic) bond motifs is 1. The fraction of sp³-hybridized carbons (Fsp3) is 0.120. The number of hydrogen-bond donors (Lipinski definition) is 0. The summed E-state index contributed by atoms with van der Waals surface area (Å²) in [6.07, 6.45) is 3.86. The summed E-state index contributed by atoms with van der Waals surface area (Å²) < 4.78 is 13.9. The quantitative estimate of drug-likeness (QED) is 0.323. The Labute approximate surface area is 195 Å². The molecule has 3 aromatic carbocycles. The summed E-state index contributed by atoms with van der Waals surface area (Å²) in [5, 5.41) is 0. The normalized spacial score (nSPS) is 13.6. The molecule has 3 aromatic rings. The van der Waals surface area contributed by atoms with Crippen LogP contribution in [0.4, 0.5) is 22.7 Å². The smallest absolute Gasteiger partial charge is 0.509 e. The largest absolute Gasteiger partial charge is 2.00 e. The fourth-order valence-electron chi connectivity index (χ4n) is 3.51. The Bertz CT molecular complexity index is 1370. The van der Waals surface area contributed by atoms with E-state index in [1.807, 2.05) is 88.1 Å². The summed E-state index contributed by atoms with van der Waals surface area (Å²) in [7, 11) is 3.92. The fourth-order valence-corrected chi connectivity index (χ4v) is 3.51. The van der Waals surface area contributed by atoms with Crippen molar-refractivity contribution in [1.82, 2.24) is 4.58 Å². The van der Waals surface area contributed by atoms with Crippen molar-refractivity contribution in [2.75, 3.05) is 14.1 Å². The average Bonchev–Trinajstić information content (AvgIpc) is 3.32. The summed E-state index contributed by atoms with van der Waals surface area (Å²) in [6.45, 7) is 2.05. The van der Waals surface area contributed by atoms with E-state index in [1.54, 1.807) is 0 Å². The minimum absolute atomic E-state index is 0. The zero-order valence-corrected chi connectivity index (χ0v) is 19.6. The second kappa shape index (κ2) is 8.41. The van der Waals surface area contributed by atoms with Gasteiger partial charge in [-0.15, -0.1) is 12.1 Å². The van der Waals surface area contributed by atoms with Crippen LogP contribution in [0.2, 0.25) is 0 Å². The van der Waals surface area contributed by atoms with Crippen molar-refractivity contribution in [2.24, 2.45) is 0 Å². The molecule has 152 valence electrons. The molecule has 0 fully saturated rings. The molecule has 0 radical (unpaired) electrons. The molecular formula is C25H20N4OPt+4. The zero-order valence-electron chi connectivity index (χ0n) is 17.4. The first-order valence-corrected chi connectivity index (χ1v) is 9.67. The Morgan fingerprint density at radius 2 is 1.58 bits per heavy atom. The zero-order chi connectivity index (χ0) is 20.7. The van der Waals surface area contributed by atoms with Crippen molar-refractivity contribution < 1.29 is 39.5 Å². The van der Waals surface area contributed by atoms with Gasteiger partial charge >= 0.3 is 33.1 Å². The maximum absolute atomic E-state index is 6.13. The SMILES string of the molecule is Cc1cc(Oc2[c-]c([N+]3=C=[N+](C)C=C3)ccc2)[c-]c([N+]2=C=[N+](C)c3ccccc32)c1.[Pt+2]. The molecule has 31 heavy (non-hydrogen) atoms. The maximum atomic E-state index is 6.13. The number of nitrogens with zero attached hydrogens (tertiary/aromatic N) is 4. The Kier molecular flexibility index (Phi) is 5.67. The van der Waals surface area contributed by atoms with Gasteiger partial charge in [0.05, 0.1) is 0 Å². The average molecular weight is 588 g/mol. The van der Waals surface area contributed by atoms with Gasteiger partial charge < -0.3 is 4.74 Å². The molecule has 0 atom stereocenters. The second-order valence-electron chi connectivity index (χ2n) is 7.27. The molecule has 2 heterocycles. The third-order valence-corrected chi connectivity index (χ3v) is 4.89. The van der Waals surface area contributed by atoms with Gasteiger partial charge in [-0.3, -0.25) is 0 Å². The number of ether oxygens (including phenoxy) is 1. The van der Waals surface area contributed by atoms with E-state index < -0.39 is 0 Å². The van der Waals surface area contributed by atoms with E-state index in [9.17, 15) is 0 Å². The second-order valence-corrected chi connectivity index (χ2v) is 7.27. The van der Waals surface area contributed by atoms with Gasteiger partial charge in [0.1, 0.15) is 11.4 Å². The van der Waals surface area contributed by atoms with E-state index in [2.05, 4.69) is 42.3 Å². The van der Waals surface area contributed by atoms with Crippen molar-refractivity contribution in [3.8, 4) is 11.5 Å². The third kappa shape index (κ3) is 4.13. The number of aryl methyl sites for hydroxylation is 1. The van der Waals surface area contributed by atoms with Gasteiger partial charge in [-0.05, 0) is 0 Å². The van der Waals surface area contributed by atoms with Crippen LogP contribution in [0.1, 0.15) is 5.56 Å². The predicted octanol–water partition coefficient (Wildman–Crippen LogP) is 4.63. The first-order chi connectivity index (χ1) is 14.6. The Morgan fingerprint density at radius 1 is 0.806 bits per heavy atom. The van der Waals surface area contributed by atoms with Crippen LogP contribution < -0.4 is 9.31 Å². The molecule has 5 nitrogen and oxygen atoms in total. The monoisotopic (exact) mass is 587 g/mol. The number of benzene rings is 3. The third-order valence-electron chi connectivity index (χ3n) is 4.89. The van der Waals surface area contributed by atoms with Crippen LogP contribution >= 0.6 is 0 Å². The molecule has 5 rings (SSSR count). The standard InChI is InChI=1S/C25H20N4O.Pt/c1-19-13-21(29-18-27(3)24-9-4-5-10-25(24)29)16-23(14-19)30-22-8-6-7-20(15-22)28-12-11-26(2)17-28;/h4-14H,1-3H3;/q2*+2. The van der Waals surface area contributed by atoms with Crippen molar-refractivity contribution in [2.45, 2.75) is 6.92 Å². The van der Waals surface area contributed by atoms with E-state index in [4.69, 9.17) is 4.74 Å². The van der Waals surface area contributed by atoms with E-state index >= 15 is 0 Å². The van der Waals surface area contributed by atoms with Crippen LogP contribution in [-0.2, 0) is 21.1 Å². The van der Waals surface area contributed by atoms with Gasteiger partial charge in [0, 0.05) is 23.6 Å². The molecule has 2 aliphatic rings. The molecule has 0 saturated heterocycles. The summed E-state index contributed by atoms with van der Waals surface area (Å²) >= 11 is 0. The van der Waals surface area contributed by atoms with Crippen molar-refractivity contribution >= 4 is 34.8 Å². The molecule has 0 saturated carbocycles. The summed E-state index contributed by atoms with van der Waals surface area (Å²) in [5.74, 6) is 1.26. The molecule has 0 N–H and O–H groups in total. The van der Waals surface area contributed by atoms with Gasteiger partial charge in [0.2, 0.25) is 6.20 Å². The van der Waals surface area contributed by atoms with Crippen LogP contribution in [0, 0.1) is 19.1 Å². The van der Waals surface area contributed by atoms with Crippen LogP contribution in [-0.4, -0.2) is 39.8 Å². The maximum Gasteiger partial charge on any atom is 2.00 e. The molecule has 0 bridgehead atoms. The van der Waals surface area contributed by atoms with Crippen LogP contribution in [0.5, 0.6) is 11.5 Å². The Morgan fingerprint density at radius 3 is 2.35 bits per heavy atom. The molecule has 0 unspecified atom stereocenters. The molecule has 6 heteroatoms.